The summed E-state index contributed by atoms with van der Waals surface area (Å²) < 4.78 is 11.1. The molecule has 0 radical (unpaired) electrons. The molecule has 0 saturated heterocycles. The summed E-state index contributed by atoms with van der Waals surface area (Å²) in [6, 6.07) is 23.0. The van der Waals surface area contributed by atoms with Gasteiger partial charge in [0.1, 0.15) is 5.58 Å². The van der Waals surface area contributed by atoms with Crippen molar-refractivity contribution in [2.24, 2.45) is 0 Å². The number of fused-ring (bicyclic) bond motifs is 1. The van der Waals surface area contributed by atoms with Gasteiger partial charge < -0.3 is 9.15 Å². The molecule has 0 aliphatic rings. The van der Waals surface area contributed by atoms with Gasteiger partial charge in [0.2, 0.25) is 0 Å². The van der Waals surface area contributed by atoms with Gasteiger partial charge in [-0.1, -0.05) is 66.2 Å². The number of ether oxygens (including phenoxy) is 1. The molecule has 0 aliphatic carbocycles. The van der Waals surface area contributed by atoms with E-state index in [0.29, 0.717) is 11.0 Å². The first-order valence-electron chi connectivity index (χ1n) is 8.69. The predicted molar refractivity (Wildman–Crippen MR) is 108 cm³/mol. The fourth-order valence-corrected chi connectivity index (χ4v) is 3.22. The fourth-order valence-electron chi connectivity index (χ4n) is 3.00. The molecule has 0 N–H and O–H groups in total. The summed E-state index contributed by atoms with van der Waals surface area (Å²) in [5, 5.41) is 0.831. The lowest BCUT2D eigenvalue weighted by Gasteiger charge is -2.12. The van der Waals surface area contributed by atoms with Crippen molar-refractivity contribution in [3.8, 4) is 5.75 Å². The summed E-state index contributed by atoms with van der Waals surface area (Å²) in [6.07, 6.45) is 0.277. The van der Waals surface area contributed by atoms with Crippen LogP contribution >= 0.6 is 11.6 Å². The van der Waals surface area contributed by atoms with Crippen molar-refractivity contribution in [3.63, 3.8) is 0 Å². The average Bonchev–Trinajstić information content (AvgIpc) is 2.71. The molecule has 3 aromatic carbocycles. The SMILES string of the molecule is O=C(Oc1c(Cc2ccccc2)c(=O)oc2ccccc12)c1ccccc1Cl. The molecule has 0 amide bonds. The van der Waals surface area contributed by atoms with Gasteiger partial charge >= 0.3 is 11.6 Å². The van der Waals surface area contributed by atoms with Crippen LogP contribution in [-0.4, -0.2) is 5.97 Å². The topological polar surface area (TPSA) is 56.5 Å². The van der Waals surface area contributed by atoms with E-state index in [1.54, 1.807) is 48.5 Å². The number of carbonyl (C=O) groups is 1. The van der Waals surface area contributed by atoms with Crippen molar-refractivity contribution in [2.75, 3.05) is 0 Å². The summed E-state index contributed by atoms with van der Waals surface area (Å²) in [5.74, 6) is -0.434. The van der Waals surface area contributed by atoms with Crippen LogP contribution in [0.3, 0.4) is 0 Å². The first kappa shape index (κ1) is 18.0. The Kier molecular flexibility index (Phi) is 4.96. The molecule has 4 nitrogen and oxygen atoms in total. The number of rotatable bonds is 4. The van der Waals surface area contributed by atoms with E-state index in [1.807, 2.05) is 30.3 Å². The van der Waals surface area contributed by atoms with Crippen LogP contribution in [0.1, 0.15) is 21.5 Å². The number of esters is 1. The van der Waals surface area contributed by atoms with Crippen LogP contribution in [0.4, 0.5) is 0 Å². The standard InChI is InChI=1S/C23H15ClO4/c24-19-12-6-4-10-16(19)22(25)28-21-17-11-5-7-13-20(17)27-23(26)18(21)14-15-8-2-1-3-9-15/h1-13H,14H2. The van der Waals surface area contributed by atoms with Gasteiger partial charge in [-0.15, -0.1) is 0 Å². The van der Waals surface area contributed by atoms with Crippen LogP contribution in [0.15, 0.2) is 88.1 Å². The summed E-state index contributed by atoms with van der Waals surface area (Å²) in [5.41, 5.74) is 1.23. The van der Waals surface area contributed by atoms with Gasteiger partial charge in [0.25, 0.3) is 0 Å². The Morgan fingerprint density at radius 2 is 1.57 bits per heavy atom. The van der Waals surface area contributed by atoms with Crippen LogP contribution in [0.25, 0.3) is 11.0 Å². The van der Waals surface area contributed by atoms with Crippen LogP contribution in [0, 0.1) is 0 Å². The highest BCUT2D eigenvalue weighted by molar-refractivity contribution is 6.33. The van der Waals surface area contributed by atoms with Gasteiger partial charge in [-0.2, -0.15) is 0 Å². The Hall–Kier alpha value is -3.37. The Morgan fingerprint density at radius 3 is 2.36 bits per heavy atom. The van der Waals surface area contributed by atoms with Crippen LogP contribution in [0.5, 0.6) is 5.75 Å². The molecule has 1 heterocycles. The number of hydrogen-bond acceptors (Lipinski definition) is 4. The molecule has 0 unspecified atom stereocenters. The van der Waals surface area contributed by atoms with E-state index in [0.717, 1.165) is 5.56 Å². The Balaban J connectivity index is 1.85. The molecule has 4 aromatic rings. The lowest BCUT2D eigenvalue weighted by Crippen LogP contribution is -2.16. The molecule has 1 aromatic heterocycles. The summed E-state index contributed by atoms with van der Waals surface area (Å²) in [6.45, 7) is 0. The van der Waals surface area contributed by atoms with Gasteiger partial charge in [0.05, 0.1) is 21.5 Å². The normalized spacial score (nSPS) is 10.8. The minimum atomic E-state index is -0.629. The number of hydrogen-bond donors (Lipinski definition) is 0. The van der Waals surface area contributed by atoms with Crippen molar-refractivity contribution >= 4 is 28.5 Å². The van der Waals surface area contributed by atoms with E-state index >= 15 is 0 Å². The molecule has 0 atom stereocenters. The fraction of sp³-hybridized carbons (Fsp3) is 0.0435. The molecular weight excluding hydrogens is 376 g/mol. The zero-order chi connectivity index (χ0) is 19.5. The van der Waals surface area contributed by atoms with Crippen molar-refractivity contribution in [1.82, 2.24) is 0 Å². The summed E-state index contributed by atoms with van der Waals surface area (Å²) in [7, 11) is 0. The third kappa shape index (κ3) is 3.55. The number of benzene rings is 3. The smallest absolute Gasteiger partial charge is 0.345 e. The van der Waals surface area contributed by atoms with Crippen molar-refractivity contribution in [2.45, 2.75) is 6.42 Å². The Morgan fingerprint density at radius 1 is 0.893 bits per heavy atom. The minimum absolute atomic E-state index is 0.195. The second-order valence-corrected chi connectivity index (χ2v) is 6.63. The quantitative estimate of drug-likeness (QED) is 0.352. The molecule has 28 heavy (non-hydrogen) atoms. The van der Waals surface area contributed by atoms with Gasteiger partial charge in [-0.25, -0.2) is 9.59 Å². The lowest BCUT2D eigenvalue weighted by atomic mass is 10.0. The maximum absolute atomic E-state index is 12.8. The molecular formula is C23H15ClO4. The Bertz CT molecular complexity index is 1210. The maximum Gasteiger partial charge on any atom is 0.345 e. The average molecular weight is 391 g/mol. The number of carbonyl (C=O) groups excluding carboxylic acids is 1. The van der Waals surface area contributed by atoms with Crippen LogP contribution < -0.4 is 10.4 Å². The second-order valence-electron chi connectivity index (χ2n) is 6.23. The van der Waals surface area contributed by atoms with E-state index in [1.165, 1.54) is 0 Å². The van der Waals surface area contributed by atoms with Gasteiger partial charge in [0.15, 0.2) is 5.75 Å². The predicted octanol–water partition coefficient (Wildman–Crippen LogP) is 5.26. The van der Waals surface area contributed by atoms with Gasteiger partial charge in [-0.05, 0) is 29.8 Å². The summed E-state index contributed by atoms with van der Waals surface area (Å²) >= 11 is 6.12. The third-order valence-corrected chi connectivity index (χ3v) is 4.70. The molecule has 0 aliphatic heterocycles. The van der Waals surface area contributed by atoms with Crippen molar-refractivity contribution in [1.29, 1.82) is 0 Å². The molecule has 0 spiro atoms. The van der Waals surface area contributed by atoms with Crippen LogP contribution in [-0.2, 0) is 6.42 Å². The zero-order valence-corrected chi connectivity index (χ0v) is 15.5. The molecule has 4 rings (SSSR count). The Labute approximate surface area is 166 Å². The lowest BCUT2D eigenvalue weighted by molar-refractivity contribution is 0.0735. The van der Waals surface area contributed by atoms with Gasteiger partial charge in [0, 0.05) is 6.42 Å². The van der Waals surface area contributed by atoms with Crippen LogP contribution in [0.2, 0.25) is 5.02 Å². The molecule has 0 bridgehead atoms. The minimum Gasteiger partial charge on any atom is -0.422 e. The highest BCUT2D eigenvalue weighted by Gasteiger charge is 2.21. The highest BCUT2D eigenvalue weighted by Crippen LogP contribution is 2.30. The number of halogens is 1. The van der Waals surface area contributed by atoms with E-state index < -0.39 is 11.6 Å². The third-order valence-electron chi connectivity index (χ3n) is 4.37. The molecule has 138 valence electrons. The molecule has 0 saturated carbocycles. The summed E-state index contributed by atoms with van der Waals surface area (Å²) in [4.78, 5) is 25.4. The monoisotopic (exact) mass is 390 g/mol. The second kappa shape index (κ2) is 7.71. The first-order chi connectivity index (χ1) is 13.6. The van der Waals surface area contributed by atoms with Gasteiger partial charge in [-0.3, -0.25) is 0 Å². The highest BCUT2D eigenvalue weighted by atomic mass is 35.5. The molecule has 5 heteroatoms. The zero-order valence-electron chi connectivity index (χ0n) is 14.7. The maximum atomic E-state index is 12.8. The molecule has 0 fully saturated rings. The van der Waals surface area contributed by atoms with E-state index in [2.05, 4.69) is 0 Å². The van der Waals surface area contributed by atoms with Crippen molar-refractivity contribution < 1.29 is 13.9 Å². The van der Waals surface area contributed by atoms with E-state index in [-0.39, 0.29) is 28.3 Å². The number of para-hydroxylation sites is 1. The van der Waals surface area contributed by atoms with E-state index in [9.17, 15) is 9.59 Å². The first-order valence-corrected chi connectivity index (χ1v) is 9.06. The van der Waals surface area contributed by atoms with E-state index in [4.69, 9.17) is 20.8 Å². The largest absolute Gasteiger partial charge is 0.422 e. The van der Waals surface area contributed by atoms with Crippen molar-refractivity contribution in [3.05, 3.63) is 111 Å².